The molecule has 4 heteroatoms. The van der Waals surface area contributed by atoms with Crippen molar-refractivity contribution in [3.63, 3.8) is 0 Å². The van der Waals surface area contributed by atoms with E-state index in [0.29, 0.717) is 6.54 Å². The summed E-state index contributed by atoms with van der Waals surface area (Å²) < 4.78 is 0. The van der Waals surface area contributed by atoms with Crippen molar-refractivity contribution in [1.29, 1.82) is 0 Å². The average molecular weight is 235 g/mol. The fourth-order valence-electron chi connectivity index (χ4n) is 1.51. The van der Waals surface area contributed by atoms with Crippen LogP contribution in [0, 0.1) is 12.8 Å². The van der Waals surface area contributed by atoms with Gasteiger partial charge in [0.1, 0.15) is 0 Å². The highest BCUT2D eigenvalue weighted by Gasteiger charge is 2.11. The van der Waals surface area contributed by atoms with E-state index >= 15 is 0 Å². The molecule has 94 valence electrons. The molecule has 1 aromatic rings. The number of nitrogens with one attached hydrogen (secondary N) is 2. The van der Waals surface area contributed by atoms with E-state index in [9.17, 15) is 4.79 Å². The Labute approximate surface area is 103 Å². The molecule has 0 fully saturated rings. The molecule has 1 amide bonds. The zero-order chi connectivity index (χ0) is 12.7. The molecule has 0 radical (unpaired) electrons. The molecule has 4 nitrogen and oxygen atoms in total. The van der Waals surface area contributed by atoms with E-state index in [1.165, 1.54) is 0 Å². The van der Waals surface area contributed by atoms with E-state index in [1.54, 1.807) is 6.20 Å². The van der Waals surface area contributed by atoms with Gasteiger partial charge < -0.3 is 10.6 Å². The van der Waals surface area contributed by atoms with Crippen LogP contribution in [0.3, 0.4) is 0 Å². The van der Waals surface area contributed by atoms with Crippen LogP contribution < -0.4 is 10.6 Å². The van der Waals surface area contributed by atoms with E-state index < -0.39 is 0 Å². The van der Waals surface area contributed by atoms with Crippen LogP contribution in [0.4, 0.5) is 0 Å². The Morgan fingerprint density at radius 3 is 2.94 bits per heavy atom. The summed E-state index contributed by atoms with van der Waals surface area (Å²) in [5, 5.41) is 6.11. The predicted molar refractivity (Wildman–Crippen MR) is 68.5 cm³/mol. The highest BCUT2D eigenvalue weighted by Crippen LogP contribution is 2.04. The Morgan fingerprint density at radius 1 is 1.53 bits per heavy atom. The number of carbonyl (C=O) groups is 1. The van der Waals surface area contributed by atoms with E-state index in [-0.39, 0.29) is 11.8 Å². The number of hydrogen-bond acceptors (Lipinski definition) is 3. The van der Waals surface area contributed by atoms with Gasteiger partial charge in [0.25, 0.3) is 0 Å². The smallest absolute Gasteiger partial charge is 0.224 e. The molecule has 1 aromatic heterocycles. The third kappa shape index (κ3) is 4.53. The van der Waals surface area contributed by atoms with Crippen LogP contribution in [0.2, 0.25) is 0 Å². The molecule has 0 aliphatic rings. The van der Waals surface area contributed by atoms with Gasteiger partial charge in [-0.2, -0.15) is 0 Å². The summed E-state index contributed by atoms with van der Waals surface area (Å²) in [6.07, 6.45) is 3.56. The molecule has 1 atom stereocenters. The number of pyridine rings is 1. The molecule has 1 rings (SSSR count). The van der Waals surface area contributed by atoms with Crippen LogP contribution in [0.5, 0.6) is 0 Å². The first kappa shape index (κ1) is 13.6. The van der Waals surface area contributed by atoms with Gasteiger partial charge in [0, 0.05) is 31.4 Å². The molecule has 0 spiro atoms. The lowest BCUT2D eigenvalue weighted by atomic mass is 10.1. The Morgan fingerprint density at radius 2 is 2.29 bits per heavy atom. The van der Waals surface area contributed by atoms with Gasteiger partial charge in [0.05, 0.1) is 0 Å². The van der Waals surface area contributed by atoms with Crippen molar-refractivity contribution in [2.45, 2.75) is 27.3 Å². The van der Waals surface area contributed by atoms with Crippen molar-refractivity contribution in [3.05, 3.63) is 29.6 Å². The first-order chi connectivity index (χ1) is 8.15. The number of aromatic nitrogens is 1. The van der Waals surface area contributed by atoms with Gasteiger partial charge in [-0.1, -0.05) is 13.8 Å². The summed E-state index contributed by atoms with van der Waals surface area (Å²) in [5.41, 5.74) is 2.22. The lowest BCUT2D eigenvalue weighted by Gasteiger charge is -2.13. The quantitative estimate of drug-likeness (QED) is 0.780. The van der Waals surface area contributed by atoms with Gasteiger partial charge in [0.2, 0.25) is 5.91 Å². The number of hydrogen-bond donors (Lipinski definition) is 2. The minimum atomic E-state index is -0.00269. The SMILES string of the molecule is CCNCC(C)C(=O)NCc1ccncc1C. The van der Waals surface area contributed by atoms with Gasteiger partial charge in [-0.25, -0.2) is 0 Å². The molecule has 17 heavy (non-hydrogen) atoms. The van der Waals surface area contributed by atoms with Crippen molar-refractivity contribution in [3.8, 4) is 0 Å². The Kier molecular flexibility index (Phi) is 5.63. The number of aryl methyl sites for hydroxylation is 1. The maximum absolute atomic E-state index is 11.8. The van der Waals surface area contributed by atoms with Gasteiger partial charge in [-0.15, -0.1) is 0 Å². The maximum atomic E-state index is 11.8. The summed E-state index contributed by atoms with van der Waals surface area (Å²) in [6.45, 7) is 8.14. The highest BCUT2D eigenvalue weighted by molar-refractivity contribution is 5.78. The highest BCUT2D eigenvalue weighted by atomic mass is 16.1. The standard InChI is InChI=1S/C13H21N3O/c1-4-14-8-11(3)13(17)16-9-12-5-6-15-7-10(12)2/h5-7,11,14H,4,8-9H2,1-3H3,(H,16,17). The summed E-state index contributed by atoms with van der Waals surface area (Å²) in [7, 11) is 0. The van der Waals surface area contributed by atoms with E-state index in [1.807, 2.05) is 33.0 Å². The Bertz CT molecular complexity index is 365. The lowest BCUT2D eigenvalue weighted by Crippen LogP contribution is -2.35. The van der Waals surface area contributed by atoms with Crippen molar-refractivity contribution in [1.82, 2.24) is 15.6 Å². The molecule has 2 N–H and O–H groups in total. The predicted octanol–water partition coefficient (Wildman–Crippen LogP) is 1.25. The summed E-state index contributed by atoms with van der Waals surface area (Å²) >= 11 is 0. The molecular weight excluding hydrogens is 214 g/mol. The summed E-state index contributed by atoms with van der Waals surface area (Å²) in [6, 6.07) is 1.94. The van der Waals surface area contributed by atoms with Crippen LogP contribution in [0.1, 0.15) is 25.0 Å². The molecule has 0 aliphatic heterocycles. The maximum Gasteiger partial charge on any atom is 0.224 e. The third-order valence-corrected chi connectivity index (χ3v) is 2.74. The molecule has 0 bridgehead atoms. The molecule has 1 unspecified atom stereocenters. The Balaban J connectivity index is 2.40. The number of carbonyl (C=O) groups excluding carboxylic acids is 1. The molecule has 0 saturated heterocycles. The summed E-state index contributed by atoms with van der Waals surface area (Å²) in [4.78, 5) is 15.8. The Hall–Kier alpha value is -1.42. The molecule has 0 saturated carbocycles. The van der Waals surface area contributed by atoms with Crippen molar-refractivity contribution >= 4 is 5.91 Å². The van der Waals surface area contributed by atoms with Crippen LogP contribution >= 0.6 is 0 Å². The first-order valence-electron chi connectivity index (χ1n) is 6.03. The van der Waals surface area contributed by atoms with Crippen molar-refractivity contribution in [2.24, 2.45) is 5.92 Å². The zero-order valence-corrected chi connectivity index (χ0v) is 10.8. The topological polar surface area (TPSA) is 54.0 Å². The second-order valence-corrected chi connectivity index (χ2v) is 4.23. The van der Waals surface area contributed by atoms with E-state index in [2.05, 4.69) is 15.6 Å². The minimum Gasteiger partial charge on any atom is -0.352 e. The molecule has 0 aliphatic carbocycles. The van der Waals surface area contributed by atoms with Crippen LogP contribution in [0.25, 0.3) is 0 Å². The van der Waals surface area contributed by atoms with Crippen molar-refractivity contribution < 1.29 is 4.79 Å². The average Bonchev–Trinajstić information content (AvgIpc) is 2.34. The first-order valence-corrected chi connectivity index (χ1v) is 6.03. The zero-order valence-electron chi connectivity index (χ0n) is 10.8. The van der Waals surface area contributed by atoms with Gasteiger partial charge in [-0.05, 0) is 30.7 Å². The van der Waals surface area contributed by atoms with Crippen LogP contribution in [0.15, 0.2) is 18.5 Å². The molecule has 0 aromatic carbocycles. The second kappa shape index (κ2) is 7.01. The number of rotatable bonds is 6. The summed E-state index contributed by atoms with van der Waals surface area (Å²) in [5.74, 6) is 0.0826. The lowest BCUT2D eigenvalue weighted by molar-refractivity contribution is -0.124. The third-order valence-electron chi connectivity index (χ3n) is 2.74. The number of nitrogens with zero attached hydrogens (tertiary/aromatic N) is 1. The van der Waals surface area contributed by atoms with Gasteiger partial charge in [-0.3, -0.25) is 9.78 Å². The molecular formula is C13H21N3O. The second-order valence-electron chi connectivity index (χ2n) is 4.23. The number of amides is 1. The van der Waals surface area contributed by atoms with Gasteiger partial charge in [0.15, 0.2) is 0 Å². The normalized spacial score (nSPS) is 12.2. The monoisotopic (exact) mass is 235 g/mol. The fourth-order valence-corrected chi connectivity index (χ4v) is 1.51. The van der Waals surface area contributed by atoms with Crippen molar-refractivity contribution in [2.75, 3.05) is 13.1 Å². The minimum absolute atomic E-state index is 0.00269. The largest absolute Gasteiger partial charge is 0.352 e. The van der Waals surface area contributed by atoms with Gasteiger partial charge >= 0.3 is 0 Å². The van der Waals surface area contributed by atoms with Crippen LogP contribution in [-0.2, 0) is 11.3 Å². The van der Waals surface area contributed by atoms with E-state index in [0.717, 1.165) is 24.2 Å². The van der Waals surface area contributed by atoms with Crippen LogP contribution in [-0.4, -0.2) is 24.0 Å². The fraction of sp³-hybridized carbons (Fsp3) is 0.538. The molecule has 1 heterocycles. The van der Waals surface area contributed by atoms with E-state index in [4.69, 9.17) is 0 Å².